The van der Waals surface area contributed by atoms with Gasteiger partial charge in [-0.1, -0.05) is 13.5 Å². The normalized spacial score (nSPS) is 47.1. The monoisotopic (exact) mass is 614 g/mol. The van der Waals surface area contributed by atoms with Crippen molar-refractivity contribution in [3.05, 3.63) is 12.2 Å². The fourth-order valence-corrected chi connectivity index (χ4v) is 8.24. The number of halogens is 1. The highest BCUT2D eigenvalue weighted by molar-refractivity contribution is 6.23. The fraction of sp³-hybridized carbons (Fsp3) is 0.750. The molecule has 42 heavy (non-hydrogen) atoms. The zero-order valence-electron chi connectivity index (χ0n) is 24.1. The van der Waals surface area contributed by atoms with Crippen LogP contribution in [-0.4, -0.2) is 101 Å². The fourth-order valence-electron chi connectivity index (χ4n) is 7.87. The number of epoxide rings is 1. The van der Waals surface area contributed by atoms with Gasteiger partial charge >= 0.3 is 29.8 Å². The summed E-state index contributed by atoms with van der Waals surface area (Å²) < 4.78 is 41.7. The number of hydrogen-bond acceptors (Lipinski definition) is 13. The van der Waals surface area contributed by atoms with E-state index in [1.54, 1.807) is 6.92 Å². The second kappa shape index (κ2) is 10.2. The van der Waals surface area contributed by atoms with Gasteiger partial charge in [0.15, 0.2) is 11.7 Å². The van der Waals surface area contributed by atoms with E-state index in [2.05, 4.69) is 6.58 Å². The number of carbonyl (C=O) groups excluding carboxylic acids is 5. The van der Waals surface area contributed by atoms with Gasteiger partial charge in [-0.05, 0) is 12.5 Å². The zero-order chi connectivity index (χ0) is 31.1. The van der Waals surface area contributed by atoms with Crippen molar-refractivity contribution in [3.8, 4) is 0 Å². The van der Waals surface area contributed by atoms with Crippen molar-refractivity contribution < 1.29 is 62.2 Å². The van der Waals surface area contributed by atoms with Gasteiger partial charge in [0.1, 0.15) is 42.2 Å². The van der Waals surface area contributed by atoms with E-state index in [4.69, 9.17) is 44.8 Å². The molecule has 0 amide bonds. The number of alkyl halides is 1. The number of fused-ring (bicyclic) bond motifs is 3. The number of esters is 5. The molecule has 4 aliphatic heterocycles. The molecule has 13 nitrogen and oxygen atoms in total. The van der Waals surface area contributed by atoms with E-state index in [1.807, 2.05) is 0 Å². The molecule has 2 spiro atoms. The van der Waals surface area contributed by atoms with E-state index in [1.165, 1.54) is 20.8 Å². The molecule has 5 rings (SSSR count). The van der Waals surface area contributed by atoms with Crippen molar-refractivity contribution in [1.82, 2.24) is 0 Å². The summed E-state index contributed by atoms with van der Waals surface area (Å²) in [6, 6.07) is 0. The number of hydrogen-bond donors (Lipinski definition) is 1. The van der Waals surface area contributed by atoms with E-state index in [0.717, 1.165) is 13.8 Å². The summed E-state index contributed by atoms with van der Waals surface area (Å²) in [5, 5.41) is 10.9. The second-order valence-corrected chi connectivity index (χ2v) is 12.5. The number of aliphatic hydroxyl groups excluding tert-OH is 1. The molecule has 5 aliphatic rings. The smallest absolute Gasteiger partial charge is 0.312 e. The van der Waals surface area contributed by atoms with E-state index < -0.39 is 106 Å². The Labute approximate surface area is 247 Å². The first kappa shape index (κ1) is 30.7. The van der Waals surface area contributed by atoms with Crippen LogP contribution >= 0.6 is 11.6 Å². The van der Waals surface area contributed by atoms with Crippen LogP contribution in [-0.2, 0) is 57.1 Å². The lowest BCUT2D eigenvalue weighted by molar-refractivity contribution is -0.315. The van der Waals surface area contributed by atoms with Crippen molar-refractivity contribution in [2.75, 3.05) is 6.61 Å². The van der Waals surface area contributed by atoms with Crippen LogP contribution in [0.1, 0.15) is 48.0 Å². The minimum atomic E-state index is -1.77. The number of aliphatic hydroxyl groups is 1. The molecular formula is C28H35ClO13. The minimum absolute atomic E-state index is 0.0180. The molecule has 0 unspecified atom stereocenters. The van der Waals surface area contributed by atoms with Crippen LogP contribution in [0.4, 0.5) is 0 Å². The second-order valence-electron chi connectivity index (χ2n) is 12.1. The molecule has 1 saturated carbocycles. The van der Waals surface area contributed by atoms with Crippen LogP contribution in [0, 0.1) is 17.3 Å². The maximum atomic E-state index is 13.2. The van der Waals surface area contributed by atoms with Crippen molar-refractivity contribution in [2.45, 2.75) is 107 Å². The highest BCUT2D eigenvalue weighted by Gasteiger charge is 2.81. The summed E-state index contributed by atoms with van der Waals surface area (Å²) in [4.78, 5) is 63.4. The van der Waals surface area contributed by atoms with Crippen molar-refractivity contribution >= 4 is 41.4 Å². The Bertz CT molecular complexity index is 1230. The maximum absolute atomic E-state index is 13.2. The average Bonchev–Trinajstić information content (AvgIpc) is 3.58. The molecule has 14 heteroatoms. The van der Waals surface area contributed by atoms with Crippen LogP contribution in [0.2, 0.25) is 0 Å². The molecule has 0 aromatic rings. The van der Waals surface area contributed by atoms with Gasteiger partial charge in [-0.2, -0.15) is 0 Å². The Hall–Kier alpha value is -2.74. The van der Waals surface area contributed by atoms with Gasteiger partial charge < -0.3 is 38.3 Å². The van der Waals surface area contributed by atoms with Gasteiger partial charge in [0.05, 0.1) is 23.3 Å². The third-order valence-corrected chi connectivity index (χ3v) is 9.97. The molecule has 0 radical (unpaired) electrons. The lowest BCUT2D eigenvalue weighted by Crippen LogP contribution is -2.78. The Morgan fingerprint density at radius 3 is 2.00 bits per heavy atom. The molecule has 0 aromatic carbocycles. The number of rotatable bonds is 4. The molecule has 4 saturated heterocycles. The molecule has 2 bridgehead atoms. The van der Waals surface area contributed by atoms with Gasteiger partial charge in [-0.15, -0.1) is 11.6 Å². The predicted octanol–water partition coefficient (Wildman–Crippen LogP) is 0.746. The Kier molecular flexibility index (Phi) is 7.44. The Morgan fingerprint density at radius 1 is 0.952 bits per heavy atom. The van der Waals surface area contributed by atoms with Crippen LogP contribution in [0.3, 0.4) is 0 Å². The highest BCUT2D eigenvalue weighted by Crippen LogP contribution is 2.65. The standard InChI is InChI=1S/C28H35ClO13/c1-10-17(29)22-28(11(2)25(35)41-22)24(40-15(6)33)20-26(7,23(39-14(5)32)18(34)19(10)42-28)21(38-13(4)31)16(37-12(3)30)8-27(20)9-36-27/h11,16-24,34H,1,8-9H2,2-7H3/t11-,16-,17-,18+,19-,20+,21-,22-,23-,24-,26+,27-,28-/m0/s1. The summed E-state index contributed by atoms with van der Waals surface area (Å²) in [5.41, 5.74) is -4.55. The first-order valence-corrected chi connectivity index (χ1v) is 14.2. The third-order valence-electron chi connectivity index (χ3n) is 9.46. The topological polar surface area (TPSA) is 173 Å². The Balaban J connectivity index is 1.85. The van der Waals surface area contributed by atoms with Gasteiger partial charge in [0.25, 0.3) is 0 Å². The van der Waals surface area contributed by atoms with Crippen LogP contribution < -0.4 is 0 Å². The molecule has 232 valence electrons. The number of carbonyl (C=O) groups is 5. The summed E-state index contributed by atoms with van der Waals surface area (Å²) in [7, 11) is 0. The molecular weight excluding hydrogens is 580 g/mol. The molecule has 13 atom stereocenters. The van der Waals surface area contributed by atoms with Crippen molar-refractivity contribution in [3.63, 3.8) is 0 Å². The quantitative estimate of drug-likeness (QED) is 0.155. The zero-order valence-corrected chi connectivity index (χ0v) is 24.9. The lowest BCUT2D eigenvalue weighted by Gasteiger charge is -2.62. The van der Waals surface area contributed by atoms with Crippen molar-refractivity contribution in [2.24, 2.45) is 17.3 Å². The van der Waals surface area contributed by atoms with E-state index in [9.17, 15) is 29.1 Å². The van der Waals surface area contributed by atoms with E-state index in [-0.39, 0.29) is 18.6 Å². The largest absolute Gasteiger partial charge is 0.459 e. The van der Waals surface area contributed by atoms with Gasteiger partial charge in [-0.3, -0.25) is 24.0 Å². The third kappa shape index (κ3) is 4.34. The maximum Gasteiger partial charge on any atom is 0.312 e. The van der Waals surface area contributed by atoms with Gasteiger partial charge in [0.2, 0.25) is 0 Å². The van der Waals surface area contributed by atoms with Crippen LogP contribution in [0.5, 0.6) is 0 Å². The SMILES string of the molecule is C=C1[C@H](Cl)[C@@H]2OC(=O)[C@H](C)[C@]23O[C@@H]1[C@@H](O)[C@H](OC(C)=O)[C@@]1(C)[C@@H](OC(C)=O)[C@@H](OC(C)=O)C[C@]2(CO2)[C@@H]1[C@@H]3OC(C)=O. The summed E-state index contributed by atoms with van der Waals surface area (Å²) in [6.07, 6.45) is -9.65. The first-order valence-electron chi connectivity index (χ1n) is 13.7. The predicted molar refractivity (Wildman–Crippen MR) is 139 cm³/mol. The van der Waals surface area contributed by atoms with Gasteiger partial charge in [0, 0.05) is 40.0 Å². The van der Waals surface area contributed by atoms with Crippen LogP contribution in [0.15, 0.2) is 12.2 Å². The minimum Gasteiger partial charge on any atom is -0.459 e. The first-order chi connectivity index (χ1) is 19.5. The van der Waals surface area contributed by atoms with Crippen molar-refractivity contribution in [1.29, 1.82) is 0 Å². The van der Waals surface area contributed by atoms with Crippen LogP contribution in [0.25, 0.3) is 0 Å². The number of ether oxygens (including phenoxy) is 7. The molecule has 5 fully saturated rings. The molecule has 1 N–H and O–H groups in total. The summed E-state index contributed by atoms with van der Waals surface area (Å²) in [5.74, 6) is -5.81. The molecule has 0 aromatic heterocycles. The summed E-state index contributed by atoms with van der Waals surface area (Å²) >= 11 is 6.84. The molecule has 4 heterocycles. The van der Waals surface area contributed by atoms with E-state index in [0.29, 0.717) is 0 Å². The highest BCUT2D eigenvalue weighted by atomic mass is 35.5. The van der Waals surface area contributed by atoms with E-state index >= 15 is 0 Å². The summed E-state index contributed by atoms with van der Waals surface area (Å²) in [6.45, 7) is 11.8. The Morgan fingerprint density at radius 2 is 1.48 bits per heavy atom. The molecule has 1 aliphatic carbocycles. The average molecular weight is 615 g/mol. The lowest BCUT2D eigenvalue weighted by atomic mass is 9.50. The van der Waals surface area contributed by atoms with Gasteiger partial charge in [-0.25, -0.2) is 0 Å².